The van der Waals surface area contributed by atoms with Crippen LogP contribution in [0.4, 0.5) is 11.4 Å². The number of hydrogen-bond donors (Lipinski definition) is 2. The average Bonchev–Trinajstić information content (AvgIpc) is 2.57. The molecule has 0 aliphatic heterocycles. The Labute approximate surface area is 155 Å². The highest BCUT2D eigenvalue weighted by Crippen LogP contribution is 2.22. The van der Waals surface area contributed by atoms with Crippen molar-refractivity contribution in [2.75, 3.05) is 10.6 Å². The quantitative estimate of drug-likeness (QED) is 0.577. The minimum absolute atomic E-state index is 0.0253. The number of hydrogen-bond acceptors (Lipinski definition) is 3. The highest BCUT2D eigenvalue weighted by Gasteiger charge is 2.10. The van der Waals surface area contributed by atoms with Crippen LogP contribution < -0.4 is 10.6 Å². The van der Waals surface area contributed by atoms with Crippen molar-refractivity contribution in [3.63, 3.8) is 0 Å². The van der Waals surface area contributed by atoms with Gasteiger partial charge in [-0.1, -0.05) is 43.7 Å². The SMILES string of the molecule is Cc1cc(C)c(N/C=C(/C#N)C(=O)Nc2ccc(C(C)C)cc2)c(C)c1. The fourth-order valence-corrected chi connectivity index (χ4v) is 2.85. The molecule has 0 saturated carbocycles. The Morgan fingerprint density at radius 1 is 1.08 bits per heavy atom. The molecular formula is C22H25N3O. The number of nitrogens with one attached hydrogen (secondary N) is 2. The number of carbonyl (C=O) groups excluding carboxylic acids is 1. The van der Waals surface area contributed by atoms with E-state index in [4.69, 9.17) is 0 Å². The van der Waals surface area contributed by atoms with Gasteiger partial charge in [0.2, 0.25) is 0 Å². The van der Waals surface area contributed by atoms with E-state index in [1.54, 1.807) is 0 Å². The second-order valence-corrected chi connectivity index (χ2v) is 6.82. The van der Waals surface area contributed by atoms with Gasteiger partial charge in [0.1, 0.15) is 11.6 Å². The molecule has 134 valence electrons. The fourth-order valence-electron chi connectivity index (χ4n) is 2.85. The van der Waals surface area contributed by atoms with Crippen LogP contribution in [0.15, 0.2) is 48.2 Å². The van der Waals surface area contributed by atoms with Crippen LogP contribution >= 0.6 is 0 Å². The zero-order valence-corrected chi connectivity index (χ0v) is 16.0. The number of anilines is 2. The summed E-state index contributed by atoms with van der Waals surface area (Å²) in [5.74, 6) is -0.000722. The second-order valence-electron chi connectivity index (χ2n) is 6.82. The molecule has 0 radical (unpaired) electrons. The number of benzene rings is 2. The smallest absolute Gasteiger partial charge is 0.267 e. The van der Waals surface area contributed by atoms with E-state index >= 15 is 0 Å². The molecule has 0 aliphatic carbocycles. The van der Waals surface area contributed by atoms with Gasteiger partial charge in [-0.05, 0) is 55.5 Å². The molecule has 0 bridgehead atoms. The van der Waals surface area contributed by atoms with Crippen LogP contribution in [0, 0.1) is 32.1 Å². The highest BCUT2D eigenvalue weighted by atomic mass is 16.1. The van der Waals surface area contributed by atoms with Crippen LogP contribution in [-0.2, 0) is 4.79 Å². The predicted octanol–water partition coefficient (Wildman–Crippen LogP) is 5.19. The topological polar surface area (TPSA) is 64.9 Å². The number of aryl methyl sites for hydroxylation is 3. The number of amides is 1. The molecule has 2 N–H and O–H groups in total. The Morgan fingerprint density at radius 3 is 2.15 bits per heavy atom. The Hall–Kier alpha value is -3.06. The molecule has 2 aromatic rings. The maximum Gasteiger partial charge on any atom is 0.267 e. The van der Waals surface area contributed by atoms with E-state index in [1.165, 1.54) is 17.3 Å². The molecule has 0 aliphatic rings. The summed E-state index contributed by atoms with van der Waals surface area (Å²) in [6.45, 7) is 10.3. The van der Waals surface area contributed by atoms with Gasteiger partial charge in [-0.3, -0.25) is 4.79 Å². The summed E-state index contributed by atoms with van der Waals surface area (Å²) in [5, 5.41) is 15.2. The van der Waals surface area contributed by atoms with E-state index < -0.39 is 5.91 Å². The Morgan fingerprint density at radius 2 is 1.65 bits per heavy atom. The summed E-state index contributed by atoms with van der Waals surface area (Å²) in [4.78, 5) is 12.4. The van der Waals surface area contributed by atoms with E-state index in [1.807, 2.05) is 51.1 Å². The summed E-state index contributed by atoms with van der Waals surface area (Å²) in [6, 6.07) is 13.7. The van der Waals surface area contributed by atoms with Crippen LogP contribution in [0.25, 0.3) is 0 Å². The zero-order valence-electron chi connectivity index (χ0n) is 16.0. The van der Waals surface area contributed by atoms with E-state index in [0.29, 0.717) is 11.6 Å². The summed E-state index contributed by atoms with van der Waals surface area (Å²) in [6.07, 6.45) is 1.46. The molecule has 2 aromatic carbocycles. The molecular weight excluding hydrogens is 322 g/mol. The van der Waals surface area contributed by atoms with Gasteiger partial charge in [-0.2, -0.15) is 5.26 Å². The molecule has 0 fully saturated rings. The van der Waals surface area contributed by atoms with E-state index in [0.717, 1.165) is 16.8 Å². The van der Waals surface area contributed by atoms with Crippen molar-refractivity contribution in [2.24, 2.45) is 0 Å². The van der Waals surface area contributed by atoms with Gasteiger partial charge < -0.3 is 10.6 Å². The van der Waals surface area contributed by atoms with Crippen molar-refractivity contribution in [2.45, 2.75) is 40.5 Å². The monoisotopic (exact) mass is 347 g/mol. The van der Waals surface area contributed by atoms with E-state index in [9.17, 15) is 10.1 Å². The maximum atomic E-state index is 12.4. The first-order chi connectivity index (χ1) is 12.3. The Balaban J connectivity index is 2.13. The first kappa shape index (κ1) is 19.3. The van der Waals surface area contributed by atoms with E-state index in [2.05, 4.69) is 36.6 Å². The first-order valence-electron chi connectivity index (χ1n) is 8.67. The molecule has 0 spiro atoms. The Bertz CT molecular complexity index is 848. The van der Waals surface area contributed by atoms with Crippen molar-refractivity contribution >= 4 is 17.3 Å². The molecule has 26 heavy (non-hydrogen) atoms. The third kappa shape index (κ3) is 4.73. The van der Waals surface area contributed by atoms with Gasteiger partial charge in [-0.25, -0.2) is 0 Å². The molecule has 4 nitrogen and oxygen atoms in total. The third-order valence-electron chi connectivity index (χ3n) is 4.24. The fraction of sp³-hybridized carbons (Fsp3) is 0.273. The van der Waals surface area contributed by atoms with Crippen LogP contribution in [0.3, 0.4) is 0 Å². The second kappa shape index (κ2) is 8.35. The zero-order chi connectivity index (χ0) is 19.3. The number of carbonyl (C=O) groups is 1. The summed E-state index contributed by atoms with van der Waals surface area (Å²) in [5.41, 5.74) is 6.13. The van der Waals surface area contributed by atoms with Crippen LogP contribution in [0.2, 0.25) is 0 Å². The van der Waals surface area contributed by atoms with Gasteiger partial charge in [0, 0.05) is 17.6 Å². The highest BCUT2D eigenvalue weighted by molar-refractivity contribution is 6.06. The van der Waals surface area contributed by atoms with Gasteiger partial charge in [0.05, 0.1) is 0 Å². The van der Waals surface area contributed by atoms with Crippen molar-refractivity contribution in [1.29, 1.82) is 5.26 Å². The molecule has 1 amide bonds. The van der Waals surface area contributed by atoms with Gasteiger partial charge in [0.25, 0.3) is 5.91 Å². The third-order valence-corrected chi connectivity index (χ3v) is 4.24. The molecule has 0 saturated heterocycles. The molecule has 0 unspecified atom stereocenters. The normalized spacial score (nSPS) is 11.2. The Kier molecular flexibility index (Phi) is 6.19. The lowest BCUT2D eigenvalue weighted by atomic mass is 10.0. The van der Waals surface area contributed by atoms with Crippen LogP contribution in [-0.4, -0.2) is 5.91 Å². The number of nitriles is 1. The van der Waals surface area contributed by atoms with Crippen LogP contribution in [0.5, 0.6) is 0 Å². The maximum absolute atomic E-state index is 12.4. The standard InChI is InChI=1S/C22H25N3O/c1-14(2)18-6-8-20(9-7-18)25-22(26)19(12-23)13-24-21-16(4)10-15(3)11-17(21)5/h6-11,13-14,24H,1-5H3,(H,25,26)/b19-13-. The van der Waals surface area contributed by atoms with Gasteiger partial charge in [0.15, 0.2) is 0 Å². The lowest BCUT2D eigenvalue weighted by molar-refractivity contribution is -0.112. The van der Waals surface area contributed by atoms with Crippen LogP contribution in [0.1, 0.15) is 42.0 Å². The predicted molar refractivity (Wildman–Crippen MR) is 107 cm³/mol. The van der Waals surface area contributed by atoms with Crippen molar-refractivity contribution < 1.29 is 4.79 Å². The van der Waals surface area contributed by atoms with Gasteiger partial charge >= 0.3 is 0 Å². The summed E-state index contributed by atoms with van der Waals surface area (Å²) in [7, 11) is 0. The summed E-state index contributed by atoms with van der Waals surface area (Å²) >= 11 is 0. The molecule has 0 heterocycles. The summed E-state index contributed by atoms with van der Waals surface area (Å²) < 4.78 is 0. The molecule has 0 atom stereocenters. The minimum atomic E-state index is -0.431. The van der Waals surface area contributed by atoms with Crippen molar-refractivity contribution in [3.05, 3.63) is 70.4 Å². The largest absolute Gasteiger partial charge is 0.360 e. The minimum Gasteiger partial charge on any atom is -0.360 e. The van der Waals surface area contributed by atoms with Crippen molar-refractivity contribution in [1.82, 2.24) is 0 Å². The van der Waals surface area contributed by atoms with E-state index in [-0.39, 0.29) is 5.57 Å². The van der Waals surface area contributed by atoms with Gasteiger partial charge in [-0.15, -0.1) is 0 Å². The molecule has 4 heteroatoms. The molecule has 2 rings (SSSR count). The average molecular weight is 347 g/mol. The first-order valence-corrected chi connectivity index (χ1v) is 8.67. The number of nitrogens with zero attached hydrogens (tertiary/aromatic N) is 1. The van der Waals surface area contributed by atoms with Crippen molar-refractivity contribution in [3.8, 4) is 6.07 Å². The lowest BCUT2D eigenvalue weighted by Gasteiger charge is -2.12. The number of rotatable bonds is 5. The lowest BCUT2D eigenvalue weighted by Crippen LogP contribution is -2.14. The molecule has 0 aromatic heterocycles.